The highest BCUT2D eigenvalue weighted by molar-refractivity contribution is 5.78. The highest BCUT2D eigenvalue weighted by Crippen LogP contribution is 2.21. The molecule has 132 valence electrons. The van der Waals surface area contributed by atoms with Crippen LogP contribution >= 0.6 is 0 Å². The Morgan fingerprint density at radius 1 is 0.917 bits per heavy atom. The van der Waals surface area contributed by atoms with E-state index in [1.54, 1.807) is 0 Å². The van der Waals surface area contributed by atoms with E-state index in [1.807, 2.05) is 0 Å². The van der Waals surface area contributed by atoms with E-state index in [4.69, 9.17) is 0 Å². The van der Waals surface area contributed by atoms with Crippen molar-refractivity contribution in [2.45, 2.75) is 38.6 Å². The molecule has 4 heteroatoms. The molecule has 1 amide bonds. The number of likely N-dealkylation sites (tertiary alicyclic amines) is 1. The predicted molar refractivity (Wildman–Crippen MR) is 97.9 cm³/mol. The third-order valence-electron chi connectivity index (χ3n) is 5.55. The first-order chi connectivity index (χ1) is 11.7. The van der Waals surface area contributed by atoms with Crippen molar-refractivity contribution in [3.63, 3.8) is 0 Å². The molecule has 2 aliphatic rings. The molecule has 0 aromatic heterocycles. The Balaban J connectivity index is 1.45. The number of piperazine rings is 1. The first-order valence-electron chi connectivity index (χ1n) is 9.53. The van der Waals surface area contributed by atoms with E-state index < -0.39 is 0 Å². The van der Waals surface area contributed by atoms with Gasteiger partial charge in [0, 0.05) is 45.3 Å². The van der Waals surface area contributed by atoms with Gasteiger partial charge in [0.05, 0.1) is 6.54 Å². The van der Waals surface area contributed by atoms with E-state index in [-0.39, 0.29) is 0 Å². The van der Waals surface area contributed by atoms with Gasteiger partial charge in [-0.05, 0) is 25.3 Å². The lowest BCUT2D eigenvalue weighted by molar-refractivity contribution is -0.132. The number of benzene rings is 1. The molecule has 4 nitrogen and oxygen atoms in total. The number of carbonyl (C=O) groups excluding carboxylic acids is 1. The quantitative estimate of drug-likeness (QED) is 0.850. The van der Waals surface area contributed by atoms with Crippen LogP contribution in [0.3, 0.4) is 0 Å². The van der Waals surface area contributed by atoms with Crippen LogP contribution < -0.4 is 0 Å². The molecule has 0 spiro atoms. The van der Waals surface area contributed by atoms with Crippen molar-refractivity contribution >= 4 is 5.91 Å². The summed E-state index contributed by atoms with van der Waals surface area (Å²) in [6.45, 7) is 8.90. The summed E-state index contributed by atoms with van der Waals surface area (Å²) in [7, 11) is 0. The molecule has 2 heterocycles. The van der Waals surface area contributed by atoms with Crippen LogP contribution in [-0.4, -0.2) is 66.4 Å². The number of hydrogen-bond acceptors (Lipinski definition) is 3. The van der Waals surface area contributed by atoms with Gasteiger partial charge in [0.25, 0.3) is 0 Å². The first-order valence-corrected chi connectivity index (χ1v) is 9.53. The molecule has 0 aliphatic carbocycles. The van der Waals surface area contributed by atoms with Crippen LogP contribution in [0.5, 0.6) is 0 Å². The second-order valence-electron chi connectivity index (χ2n) is 7.19. The average Bonchev–Trinajstić information content (AvgIpc) is 2.92. The summed E-state index contributed by atoms with van der Waals surface area (Å²) in [4.78, 5) is 19.5. The van der Waals surface area contributed by atoms with Gasteiger partial charge in [-0.25, -0.2) is 0 Å². The monoisotopic (exact) mass is 329 g/mol. The molecule has 0 bridgehead atoms. The molecule has 1 atom stereocenters. The van der Waals surface area contributed by atoms with Gasteiger partial charge in [-0.15, -0.1) is 0 Å². The van der Waals surface area contributed by atoms with E-state index in [9.17, 15) is 4.79 Å². The number of carbonyl (C=O) groups is 1. The Labute approximate surface area is 146 Å². The molecular weight excluding hydrogens is 298 g/mol. The molecule has 24 heavy (non-hydrogen) atoms. The second kappa shape index (κ2) is 8.63. The van der Waals surface area contributed by atoms with Crippen LogP contribution in [0.2, 0.25) is 0 Å². The zero-order chi connectivity index (χ0) is 16.8. The van der Waals surface area contributed by atoms with Crippen LogP contribution in [0.4, 0.5) is 0 Å². The minimum atomic E-state index is 0.335. The highest BCUT2D eigenvalue weighted by atomic mass is 16.2. The van der Waals surface area contributed by atoms with E-state index in [0.29, 0.717) is 18.5 Å². The molecule has 1 aromatic carbocycles. The van der Waals surface area contributed by atoms with Gasteiger partial charge in [-0.1, -0.05) is 43.2 Å². The van der Waals surface area contributed by atoms with Gasteiger partial charge < -0.3 is 4.90 Å². The van der Waals surface area contributed by atoms with Crippen molar-refractivity contribution in [1.29, 1.82) is 0 Å². The molecule has 2 fully saturated rings. The van der Waals surface area contributed by atoms with Gasteiger partial charge in [0.15, 0.2) is 0 Å². The van der Waals surface area contributed by atoms with Crippen LogP contribution in [0.25, 0.3) is 0 Å². The first kappa shape index (κ1) is 17.4. The Kier molecular flexibility index (Phi) is 6.27. The SMILES string of the molecule is CC(c1ccccc1)N1CCN(CC(=O)N2CCCCCC2)CC1. The minimum Gasteiger partial charge on any atom is -0.342 e. The van der Waals surface area contributed by atoms with Gasteiger partial charge >= 0.3 is 0 Å². The van der Waals surface area contributed by atoms with Gasteiger partial charge in [-0.3, -0.25) is 14.6 Å². The summed E-state index contributed by atoms with van der Waals surface area (Å²) in [5.41, 5.74) is 1.38. The molecule has 0 saturated carbocycles. The van der Waals surface area contributed by atoms with E-state index in [2.05, 4.69) is 52.0 Å². The minimum absolute atomic E-state index is 0.335. The van der Waals surface area contributed by atoms with E-state index in [0.717, 1.165) is 39.3 Å². The lowest BCUT2D eigenvalue weighted by atomic mass is 10.1. The number of hydrogen-bond donors (Lipinski definition) is 0. The van der Waals surface area contributed by atoms with E-state index in [1.165, 1.54) is 31.2 Å². The van der Waals surface area contributed by atoms with Gasteiger partial charge in [0.2, 0.25) is 5.91 Å². The van der Waals surface area contributed by atoms with Crippen LogP contribution in [-0.2, 0) is 4.79 Å². The fourth-order valence-electron chi connectivity index (χ4n) is 3.86. The van der Waals surface area contributed by atoms with Crippen molar-refractivity contribution in [2.75, 3.05) is 45.8 Å². The largest absolute Gasteiger partial charge is 0.342 e. The Morgan fingerprint density at radius 3 is 2.17 bits per heavy atom. The summed E-state index contributed by atoms with van der Waals surface area (Å²) in [6, 6.07) is 11.2. The normalized spacial score (nSPS) is 22.1. The van der Waals surface area contributed by atoms with Crippen molar-refractivity contribution in [3.8, 4) is 0 Å². The smallest absolute Gasteiger partial charge is 0.236 e. The van der Waals surface area contributed by atoms with Gasteiger partial charge in [0.1, 0.15) is 0 Å². The molecule has 1 unspecified atom stereocenters. The van der Waals surface area contributed by atoms with Crippen LogP contribution in [0.1, 0.15) is 44.2 Å². The maximum absolute atomic E-state index is 12.5. The Bertz CT molecular complexity index is 503. The maximum Gasteiger partial charge on any atom is 0.236 e. The molecule has 1 aromatic rings. The number of nitrogens with zero attached hydrogens (tertiary/aromatic N) is 3. The molecular formula is C20H31N3O. The number of amides is 1. The average molecular weight is 329 g/mol. The standard InChI is InChI=1S/C20H31N3O/c1-18(19-9-5-4-6-10-19)22-15-13-21(14-16-22)17-20(24)23-11-7-2-3-8-12-23/h4-6,9-10,18H,2-3,7-8,11-17H2,1H3. The van der Waals surface area contributed by atoms with Crippen molar-refractivity contribution in [2.24, 2.45) is 0 Å². The molecule has 3 rings (SSSR count). The molecule has 2 aliphatic heterocycles. The van der Waals surface area contributed by atoms with Crippen molar-refractivity contribution in [1.82, 2.24) is 14.7 Å². The molecule has 0 N–H and O–H groups in total. The van der Waals surface area contributed by atoms with Crippen LogP contribution in [0.15, 0.2) is 30.3 Å². The Morgan fingerprint density at radius 2 is 1.54 bits per heavy atom. The van der Waals surface area contributed by atoms with Crippen LogP contribution in [0, 0.1) is 0 Å². The Hall–Kier alpha value is -1.39. The fourth-order valence-corrected chi connectivity index (χ4v) is 3.86. The highest BCUT2D eigenvalue weighted by Gasteiger charge is 2.24. The number of rotatable bonds is 4. The summed E-state index contributed by atoms with van der Waals surface area (Å²) in [5.74, 6) is 0.335. The second-order valence-corrected chi connectivity index (χ2v) is 7.19. The molecule has 2 saturated heterocycles. The zero-order valence-electron chi connectivity index (χ0n) is 15.0. The molecule has 0 radical (unpaired) electrons. The summed E-state index contributed by atoms with van der Waals surface area (Å²) >= 11 is 0. The van der Waals surface area contributed by atoms with Crippen molar-refractivity contribution < 1.29 is 4.79 Å². The lowest BCUT2D eigenvalue weighted by Gasteiger charge is -2.38. The summed E-state index contributed by atoms with van der Waals surface area (Å²) < 4.78 is 0. The zero-order valence-corrected chi connectivity index (χ0v) is 15.0. The fraction of sp³-hybridized carbons (Fsp3) is 0.650. The summed E-state index contributed by atoms with van der Waals surface area (Å²) in [6.07, 6.45) is 4.90. The third kappa shape index (κ3) is 4.58. The third-order valence-corrected chi connectivity index (χ3v) is 5.55. The summed E-state index contributed by atoms with van der Waals surface area (Å²) in [5, 5.41) is 0. The maximum atomic E-state index is 12.5. The topological polar surface area (TPSA) is 26.8 Å². The lowest BCUT2D eigenvalue weighted by Crippen LogP contribution is -2.50. The predicted octanol–water partition coefficient (Wildman–Crippen LogP) is 2.77. The van der Waals surface area contributed by atoms with Gasteiger partial charge in [-0.2, -0.15) is 0 Å². The van der Waals surface area contributed by atoms with E-state index >= 15 is 0 Å². The van der Waals surface area contributed by atoms with Crippen molar-refractivity contribution in [3.05, 3.63) is 35.9 Å².